The van der Waals surface area contributed by atoms with Gasteiger partial charge in [0.05, 0.1) is 9.90 Å². The molecule has 2 heterocycles. The third kappa shape index (κ3) is 1.39. The van der Waals surface area contributed by atoms with E-state index in [1.54, 1.807) is 0 Å². The van der Waals surface area contributed by atoms with Gasteiger partial charge in [-0.05, 0) is 17.9 Å². The molecule has 0 aromatic carbocycles. The Morgan fingerprint density at radius 1 is 1.43 bits per heavy atom. The van der Waals surface area contributed by atoms with Gasteiger partial charge in [-0.2, -0.15) is 0 Å². The van der Waals surface area contributed by atoms with Gasteiger partial charge in [0, 0.05) is 0 Å². The van der Waals surface area contributed by atoms with Gasteiger partial charge in [0.25, 0.3) is 0 Å². The van der Waals surface area contributed by atoms with Crippen LogP contribution in [0.3, 0.4) is 0 Å². The van der Waals surface area contributed by atoms with E-state index in [-0.39, 0.29) is 5.82 Å². The first-order chi connectivity index (χ1) is 6.61. The molecule has 2 aromatic heterocycles. The van der Waals surface area contributed by atoms with Crippen LogP contribution in [0.25, 0.3) is 10.6 Å². The molecule has 0 radical (unpaired) electrons. The van der Waals surface area contributed by atoms with Crippen LogP contribution >= 0.6 is 34.5 Å². The Labute approximate surface area is 94.4 Å². The Morgan fingerprint density at radius 2 is 2.14 bits per heavy atom. The van der Waals surface area contributed by atoms with Gasteiger partial charge in [-0.3, -0.25) is 0 Å². The highest BCUT2D eigenvalue weighted by molar-refractivity contribution is 7.14. The van der Waals surface area contributed by atoms with Crippen LogP contribution in [0.2, 0.25) is 10.0 Å². The monoisotopic (exact) mass is 248 g/mol. The Kier molecular flexibility index (Phi) is 2.43. The minimum absolute atomic E-state index is 0.184. The lowest BCUT2D eigenvalue weighted by Gasteiger charge is -1.92. The number of aromatic nitrogens is 1. The van der Waals surface area contributed by atoms with Crippen molar-refractivity contribution >= 4 is 40.4 Å². The molecule has 0 saturated heterocycles. The minimum Gasteiger partial charge on any atom is -0.380 e. The van der Waals surface area contributed by atoms with E-state index < -0.39 is 0 Å². The maximum absolute atomic E-state index is 6.05. The van der Waals surface area contributed by atoms with Crippen molar-refractivity contribution in [1.29, 1.82) is 0 Å². The summed E-state index contributed by atoms with van der Waals surface area (Å²) in [6.45, 7) is 1.91. The van der Waals surface area contributed by atoms with Crippen LogP contribution in [-0.4, -0.2) is 5.16 Å². The zero-order valence-corrected chi connectivity index (χ0v) is 9.50. The molecule has 0 atom stereocenters. The molecule has 2 N–H and O–H groups in total. The van der Waals surface area contributed by atoms with Gasteiger partial charge in [-0.25, -0.2) is 0 Å². The summed E-state index contributed by atoms with van der Waals surface area (Å²) < 4.78 is 4.99. The van der Waals surface area contributed by atoms with Gasteiger partial charge in [-0.15, -0.1) is 11.3 Å². The third-order valence-corrected chi connectivity index (χ3v) is 3.83. The second-order valence-corrected chi connectivity index (χ2v) is 4.41. The Morgan fingerprint density at radius 3 is 2.57 bits per heavy atom. The molecule has 3 nitrogen and oxygen atoms in total. The summed E-state index contributed by atoms with van der Waals surface area (Å²) in [7, 11) is 0. The average molecular weight is 249 g/mol. The minimum atomic E-state index is 0.184. The molecule has 0 amide bonds. The molecule has 14 heavy (non-hydrogen) atoms. The van der Waals surface area contributed by atoms with E-state index in [0.717, 1.165) is 10.4 Å². The number of halogens is 2. The van der Waals surface area contributed by atoms with Crippen LogP contribution in [0.1, 0.15) is 5.56 Å². The molecule has 0 unspecified atom stereocenters. The number of nitrogens with zero attached hydrogens (tertiary/aromatic N) is 1. The summed E-state index contributed by atoms with van der Waals surface area (Å²) in [4.78, 5) is 0.762. The first kappa shape index (κ1) is 9.83. The lowest BCUT2D eigenvalue weighted by Crippen LogP contribution is -1.82. The van der Waals surface area contributed by atoms with Gasteiger partial charge in [0.1, 0.15) is 5.02 Å². The van der Waals surface area contributed by atoms with Gasteiger partial charge in [0.15, 0.2) is 11.6 Å². The molecular formula is C8H6Cl2N2OS. The van der Waals surface area contributed by atoms with Crippen molar-refractivity contribution in [2.75, 3.05) is 5.73 Å². The molecule has 6 heteroatoms. The molecule has 0 aliphatic heterocycles. The third-order valence-electron chi connectivity index (χ3n) is 1.76. The van der Waals surface area contributed by atoms with Crippen LogP contribution in [0.5, 0.6) is 0 Å². The summed E-state index contributed by atoms with van der Waals surface area (Å²) in [5, 5.41) is 6.43. The van der Waals surface area contributed by atoms with Crippen molar-refractivity contribution in [3.63, 3.8) is 0 Å². The Balaban J connectivity index is 2.60. The van der Waals surface area contributed by atoms with E-state index in [2.05, 4.69) is 5.16 Å². The number of aryl methyl sites for hydroxylation is 1. The zero-order valence-electron chi connectivity index (χ0n) is 7.17. The van der Waals surface area contributed by atoms with Gasteiger partial charge >= 0.3 is 0 Å². The summed E-state index contributed by atoms with van der Waals surface area (Å²) in [5.41, 5.74) is 6.44. The zero-order chi connectivity index (χ0) is 10.3. The first-order valence-corrected chi connectivity index (χ1v) is 5.39. The summed E-state index contributed by atoms with van der Waals surface area (Å²) in [6.07, 6.45) is 0. The smallest absolute Gasteiger partial charge is 0.199 e. The highest BCUT2D eigenvalue weighted by Crippen LogP contribution is 2.41. The molecule has 0 bridgehead atoms. The number of rotatable bonds is 1. The van der Waals surface area contributed by atoms with Crippen LogP contribution in [0.15, 0.2) is 9.90 Å². The van der Waals surface area contributed by atoms with Gasteiger partial charge in [0.2, 0.25) is 0 Å². The number of thiophene rings is 1. The maximum Gasteiger partial charge on any atom is 0.199 e. The van der Waals surface area contributed by atoms with Crippen molar-refractivity contribution in [3.8, 4) is 10.6 Å². The van der Waals surface area contributed by atoms with E-state index in [9.17, 15) is 0 Å². The highest BCUT2D eigenvalue weighted by Gasteiger charge is 2.18. The molecule has 0 saturated carbocycles. The first-order valence-electron chi connectivity index (χ1n) is 3.76. The standard InChI is InChI=1S/C8H6Cl2N2OS/c1-3-2-14-7(4(3)9)6-5(10)8(11)12-13-6/h2H,1H3,(H2,11,12). The topological polar surface area (TPSA) is 52.0 Å². The van der Waals surface area contributed by atoms with Crippen molar-refractivity contribution < 1.29 is 4.52 Å². The second-order valence-electron chi connectivity index (χ2n) is 2.77. The van der Waals surface area contributed by atoms with E-state index in [1.807, 2.05) is 12.3 Å². The Bertz CT molecular complexity index is 433. The summed E-state index contributed by atoms with van der Waals surface area (Å²) >= 11 is 13.4. The van der Waals surface area contributed by atoms with E-state index in [1.165, 1.54) is 11.3 Å². The quantitative estimate of drug-likeness (QED) is 0.839. The molecule has 74 valence electrons. The number of hydrogen-bond acceptors (Lipinski definition) is 4. The van der Waals surface area contributed by atoms with Crippen molar-refractivity contribution in [1.82, 2.24) is 5.16 Å². The molecule has 2 rings (SSSR count). The van der Waals surface area contributed by atoms with Crippen molar-refractivity contribution in [2.24, 2.45) is 0 Å². The van der Waals surface area contributed by atoms with Crippen LogP contribution in [0, 0.1) is 6.92 Å². The molecule has 0 aliphatic rings. The Hall–Kier alpha value is -0.710. The predicted molar refractivity (Wildman–Crippen MR) is 59.0 cm³/mol. The van der Waals surface area contributed by atoms with Crippen molar-refractivity contribution in [2.45, 2.75) is 6.92 Å². The molecule has 2 aromatic rings. The maximum atomic E-state index is 6.05. The number of nitrogens with two attached hydrogens (primary N) is 1. The molecule has 0 spiro atoms. The van der Waals surface area contributed by atoms with E-state index >= 15 is 0 Å². The van der Waals surface area contributed by atoms with Crippen molar-refractivity contribution in [3.05, 3.63) is 21.0 Å². The fraction of sp³-hybridized carbons (Fsp3) is 0.125. The van der Waals surface area contributed by atoms with Crippen LogP contribution < -0.4 is 5.73 Å². The number of nitrogen functional groups attached to an aromatic ring is 1. The largest absolute Gasteiger partial charge is 0.380 e. The highest BCUT2D eigenvalue weighted by atomic mass is 35.5. The summed E-state index contributed by atoms with van der Waals surface area (Å²) in [5.74, 6) is 0.621. The van der Waals surface area contributed by atoms with Gasteiger partial charge < -0.3 is 10.3 Å². The van der Waals surface area contributed by atoms with Crippen LogP contribution in [0.4, 0.5) is 5.82 Å². The predicted octanol–water partition coefficient (Wildman–Crippen LogP) is 3.60. The number of anilines is 1. The fourth-order valence-electron chi connectivity index (χ4n) is 1.02. The lowest BCUT2D eigenvalue weighted by molar-refractivity contribution is 0.436. The lowest BCUT2D eigenvalue weighted by atomic mass is 10.3. The molecule has 0 aliphatic carbocycles. The molecule has 0 fully saturated rings. The number of hydrogen-bond donors (Lipinski definition) is 1. The fourth-order valence-corrected chi connectivity index (χ4v) is 2.50. The van der Waals surface area contributed by atoms with Crippen LogP contribution in [-0.2, 0) is 0 Å². The molecular weight excluding hydrogens is 243 g/mol. The van der Waals surface area contributed by atoms with E-state index in [4.69, 9.17) is 33.5 Å². The van der Waals surface area contributed by atoms with E-state index in [0.29, 0.717) is 15.8 Å². The SMILES string of the molecule is Cc1csc(-c2onc(N)c2Cl)c1Cl. The average Bonchev–Trinajstić information content (AvgIpc) is 2.63. The summed E-state index contributed by atoms with van der Waals surface area (Å²) in [6, 6.07) is 0. The normalized spacial score (nSPS) is 10.8. The second kappa shape index (κ2) is 3.46. The van der Waals surface area contributed by atoms with Gasteiger partial charge in [-0.1, -0.05) is 28.4 Å².